The molecule has 3 heterocycles. The van der Waals surface area contributed by atoms with Crippen LogP contribution in [0.15, 0.2) is 36.5 Å². The van der Waals surface area contributed by atoms with Crippen LogP contribution in [0.4, 0.5) is 0 Å². The number of fused-ring (bicyclic) bond motifs is 2. The van der Waals surface area contributed by atoms with E-state index in [0.717, 1.165) is 19.3 Å². The van der Waals surface area contributed by atoms with E-state index in [1.54, 1.807) is 27.7 Å². The van der Waals surface area contributed by atoms with Crippen LogP contribution in [0.2, 0.25) is 0 Å². The monoisotopic (exact) mass is 805 g/mol. The second kappa shape index (κ2) is 21.3. The number of ether oxygens (including phenoxy) is 3. The molecule has 3 rings (SSSR count). The number of hydrogen-bond acceptors (Lipinski definition) is 11. The number of esters is 1. The molecule has 2 unspecified atom stereocenters. The molecule has 0 saturated carbocycles. The van der Waals surface area contributed by atoms with Gasteiger partial charge >= 0.3 is 5.97 Å². The van der Waals surface area contributed by atoms with E-state index in [1.807, 2.05) is 25.2 Å². The van der Waals surface area contributed by atoms with Crippen LogP contribution in [0.3, 0.4) is 0 Å². The Bertz CT molecular complexity index is 1400. The summed E-state index contributed by atoms with van der Waals surface area (Å²) in [7, 11) is 0. The zero-order valence-electron chi connectivity index (χ0n) is 36.5. The number of aliphatic hydroxyl groups excluding tert-OH is 4. The zero-order valence-corrected chi connectivity index (χ0v) is 36.5. The summed E-state index contributed by atoms with van der Waals surface area (Å²) in [6.45, 7) is 19.2. The molecule has 2 saturated heterocycles. The molecule has 0 aromatic rings. The van der Waals surface area contributed by atoms with E-state index in [0.29, 0.717) is 32.1 Å². The summed E-state index contributed by atoms with van der Waals surface area (Å²) in [5.41, 5.74) is -2.18. The van der Waals surface area contributed by atoms with Crippen molar-refractivity contribution in [3.05, 3.63) is 36.5 Å². The van der Waals surface area contributed by atoms with Gasteiger partial charge < -0.3 is 39.7 Å². The molecule has 0 aromatic carbocycles. The van der Waals surface area contributed by atoms with E-state index >= 15 is 0 Å². The minimum Gasteiger partial charge on any atom is -0.458 e. The van der Waals surface area contributed by atoms with Crippen LogP contribution in [0.1, 0.15) is 128 Å². The Morgan fingerprint density at radius 3 is 2.09 bits per heavy atom. The normalized spacial score (nSPS) is 44.5. The van der Waals surface area contributed by atoms with Gasteiger partial charge in [0.25, 0.3) is 0 Å². The highest BCUT2D eigenvalue weighted by atomic mass is 16.7. The molecule has 57 heavy (non-hydrogen) atoms. The SMILES string of the molecule is CC[C@@H]1C=CC=CC[C@H](C)[C@@H](O)[C@@](C)(O)C(=O)[C@H](C)[C@@H](O)[C@H](C)C(=O)[C@@H](C)[C@H](O)[C@H](C)C=CC(=O)O[C@H]2[C@@H](C)[C@@H](CC1)OC1(CC[C@@H](C)[C@@H](CC(C)O)O1)[C@H]2CC. The van der Waals surface area contributed by atoms with E-state index in [1.165, 1.54) is 32.9 Å². The van der Waals surface area contributed by atoms with Gasteiger partial charge in [-0.3, -0.25) is 9.59 Å². The second-order valence-corrected chi connectivity index (χ2v) is 18.2. The second-order valence-electron chi connectivity index (χ2n) is 18.2. The molecular formula is C46H76O11. The lowest BCUT2D eigenvalue weighted by Gasteiger charge is -2.56. The summed E-state index contributed by atoms with van der Waals surface area (Å²) in [6, 6.07) is 0. The summed E-state index contributed by atoms with van der Waals surface area (Å²) in [5.74, 6) is -7.21. The van der Waals surface area contributed by atoms with Crippen LogP contribution in [0.25, 0.3) is 0 Å². The molecule has 326 valence electrons. The molecule has 3 aliphatic rings. The molecule has 11 heteroatoms. The Morgan fingerprint density at radius 2 is 1.47 bits per heavy atom. The predicted molar refractivity (Wildman–Crippen MR) is 220 cm³/mol. The number of ketones is 2. The van der Waals surface area contributed by atoms with Gasteiger partial charge in [0.1, 0.15) is 17.5 Å². The van der Waals surface area contributed by atoms with Crippen molar-refractivity contribution in [3.63, 3.8) is 0 Å². The highest BCUT2D eigenvalue weighted by molar-refractivity contribution is 5.91. The molecule has 18 atom stereocenters. The Morgan fingerprint density at radius 1 is 0.825 bits per heavy atom. The third kappa shape index (κ3) is 12.0. The van der Waals surface area contributed by atoms with Crippen molar-refractivity contribution in [2.24, 2.45) is 53.3 Å². The van der Waals surface area contributed by atoms with Gasteiger partial charge in [0.05, 0.1) is 42.5 Å². The van der Waals surface area contributed by atoms with E-state index in [2.05, 4.69) is 26.8 Å². The molecule has 3 aliphatic heterocycles. The molecule has 2 fully saturated rings. The van der Waals surface area contributed by atoms with E-state index in [4.69, 9.17) is 14.2 Å². The summed E-state index contributed by atoms with van der Waals surface area (Å²) < 4.78 is 20.3. The van der Waals surface area contributed by atoms with Crippen LogP contribution < -0.4 is 0 Å². The first-order valence-corrected chi connectivity index (χ1v) is 21.7. The largest absolute Gasteiger partial charge is 0.458 e. The van der Waals surface area contributed by atoms with Crippen molar-refractivity contribution >= 4 is 17.5 Å². The van der Waals surface area contributed by atoms with Crippen LogP contribution in [-0.2, 0) is 28.6 Å². The quantitative estimate of drug-likeness (QED) is 0.202. The number of aliphatic hydroxyl groups is 5. The highest BCUT2D eigenvalue weighted by Gasteiger charge is 2.57. The number of carbonyl (C=O) groups excluding carboxylic acids is 3. The number of carbonyl (C=O) groups is 3. The number of Topliss-reactive ketones (excluding diaryl/α,β-unsaturated/α-hetero) is 2. The Kier molecular flexibility index (Phi) is 18.4. The van der Waals surface area contributed by atoms with Gasteiger partial charge in [-0.25, -0.2) is 4.79 Å². The van der Waals surface area contributed by atoms with E-state index < -0.39 is 89.0 Å². The lowest BCUT2D eigenvalue weighted by Crippen LogP contribution is -2.63. The third-order valence-corrected chi connectivity index (χ3v) is 13.6. The van der Waals surface area contributed by atoms with Crippen LogP contribution >= 0.6 is 0 Å². The van der Waals surface area contributed by atoms with Gasteiger partial charge in [-0.1, -0.05) is 92.7 Å². The van der Waals surface area contributed by atoms with E-state index in [-0.39, 0.29) is 35.9 Å². The lowest BCUT2D eigenvalue weighted by atomic mass is 9.73. The maximum atomic E-state index is 13.6. The Hall–Kier alpha value is -2.25. The molecule has 11 nitrogen and oxygen atoms in total. The lowest BCUT2D eigenvalue weighted by molar-refractivity contribution is -0.374. The minimum absolute atomic E-state index is 0.163. The molecule has 0 aromatic heterocycles. The standard InChI is InChI=1S/C46H76O11/c1-12-34-18-16-14-15-17-28(5)43(52)45(11,54)44(53)33(10)41(51)32(9)40(50)31(8)39(49)27(4)19-22-38(48)55-42-30(7)36(21-20-34)56-46(35(42)13-2)24-23-26(3)37(57-46)25-29(6)47/h14-16,18-19,22,26-37,39,41-43,47,49,51-52,54H,12-13,17,20-21,23-25H2,1-11H3/t26-,27-,28+,29?,30+,31+,32-,33-,34-,35+,36-,37-,39-,41+,42+,43-,45-,46?/m1/s1. The van der Waals surface area contributed by atoms with Gasteiger partial charge in [-0.2, -0.15) is 0 Å². The number of hydrogen-bond donors (Lipinski definition) is 5. The van der Waals surface area contributed by atoms with Crippen LogP contribution in [0, 0.1) is 53.3 Å². The van der Waals surface area contributed by atoms with Crippen molar-refractivity contribution in [1.29, 1.82) is 0 Å². The molecule has 5 N–H and O–H groups in total. The van der Waals surface area contributed by atoms with E-state index in [9.17, 15) is 39.9 Å². The summed E-state index contributed by atoms with van der Waals surface area (Å²) in [4.78, 5) is 40.7. The van der Waals surface area contributed by atoms with Crippen LogP contribution in [0.5, 0.6) is 0 Å². The first kappa shape index (κ1) is 49.1. The van der Waals surface area contributed by atoms with Crippen molar-refractivity contribution in [1.82, 2.24) is 0 Å². The molecule has 0 radical (unpaired) electrons. The predicted octanol–water partition coefficient (Wildman–Crippen LogP) is 6.27. The average Bonchev–Trinajstić information content (AvgIpc) is 3.17. The van der Waals surface area contributed by atoms with Crippen molar-refractivity contribution in [3.8, 4) is 0 Å². The van der Waals surface area contributed by atoms with Crippen LogP contribution in [-0.4, -0.2) is 97.2 Å². The minimum atomic E-state index is -2.18. The first-order valence-electron chi connectivity index (χ1n) is 21.7. The van der Waals surface area contributed by atoms with Gasteiger partial charge in [0.2, 0.25) is 0 Å². The fourth-order valence-electron chi connectivity index (χ4n) is 9.37. The molecule has 0 aliphatic carbocycles. The molecule has 2 bridgehead atoms. The first-order chi connectivity index (χ1) is 26.6. The van der Waals surface area contributed by atoms with Gasteiger partial charge in [0, 0.05) is 42.1 Å². The van der Waals surface area contributed by atoms with Gasteiger partial charge in [-0.15, -0.1) is 0 Å². The zero-order chi connectivity index (χ0) is 43.0. The third-order valence-electron chi connectivity index (χ3n) is 13.6. The maximum Gasteiger partial charge on any atom is 0.330 e. The Balaban J connectivity index is 2.02. The van der Waals surface area contributed by atoms with Crippen molar-refractivity contribution < 1.29 is 54.1 Å². The number of allylic oxidation sites excluding steroid dienone is 4. The maximum absolute atomic E-state index is 13.6. The van der Waals surface area contributed by atoms with Crippen molar-refractivity contribution in [2.45, 2.75) is 182 Å². The summed E-state index contributed by atoms with van der Waals surface area (Å²) in [5, 5.41) is 55.2. The number of rotatable bonds is 4. The fraction of sp³-hybridized carbons (Fsp3) is 0.804. The van der Waals surface area contributed by atoms with Gasteiger partial charge in [0.15, 0.2) is 11.6 Å². The van der Waals surface area contributed by atoms with Crippen molar-refractivity contribution in [2.75, 3.05) is 0 Å². The molecular weight excluding hydrogens is 728 g/mol. The topological polar surface area (TPSA) is 180 Å². The summed E-state index contributed by atoms with van der Waals surface area (Å²) in [6.07, 6.45) is 10.3. The highest BCUT2D eigenvalue weighted by Crippen LogP contribution is 2.50. The summed E-state index contributed by atoms with van der Waals surface area (Å²) >= 11 is 0. The van der Waals surface area contributed by atoms with Gasteiger partial charge in [-0.05, 0) is 76.5 Å². The Labute approximate surface area is 342 Å². The smallest absolute Gasteiger partial charge is 0.330 e. The molecule has 1 spiro atoms. The molecule has 0 amide bonds. The average molecular weight is 805 g/mol. The fourth-order valence-corrected chi connectivity index (χ4v) is 9.37.